The summed E-state index contributed by atoms with van der Waals surface area (Å²) in [6.07, 6.45) is 0. The third kappa shape index (κ3) is 3.16. The van der Waals surface area contributed by atoms with Gasteiger partial charge in [-0.25, -0.2) is 4.68 Å². The number of amides is 1. The fourth-order valence-electron chi connectivity index (χ4n) is 2.57. The minimum Gasteiger partial charge on any atom is -0.320 e. The molecular formula is C18H15Cl2N3O. The Hall–Kier alpha value is -2.30. The molecule has 1 heterocycles. The van der Waals surface area contributed by atoms with E-state index in [2.05, 4.69) is 10.4 Å². The maximum absolute atomic E-state index is 12.7. The zero-order valence-electron chi connectivity index (χ0n) is 13.2. The van der Waals surface area contributed by atoms with Crippen molar-refractivity contribution in [3.8, 4) is 5.69 Å². The van der Waals surface area contributed by atoms with E-state index in [1.165, 1.54) is 0 Å². The number of aromatic nitrogens is 2. The number of carbonyl (C=O) groups excluding carboxylic acids is 1. The van der Waals surface area contributed by atoms with E-state index in [1.54, 1.807) is 29.8 Å². The van der Waals surface area contributed by atoms with Gasteiger partial charge >= 0.3 is 0 Å². The Morgan fingerprint density at radius 3 is 2.50 bits per heavy atom. The van der Waals surface area contributed by atoms with Gasteiger partial charge in [0.15, 0.2) is 0 Å². The Bertz CT molecular complexity index is 904. The van der Waals surface area contributed by atoms with Crippen molar-refractivity contribution in [2.45, 2.75) is 13.8 Å². The molecule has 3 aromatic rings. The van der Waals surface area contributed by atoms with Crippen molar-refractivity contribution in [3.63, 3.8) is 0 Å². The van der Waals surface area contributed by atoms with Crippen LogP contribution in [0.3, 0.4) is 0 Å². The van der Waals surface area contributed by atoms with E-state index in [1.807, 2.05) is 37.3 Å². The van der Waals surface area contributed by atoms with E-state index < -0.39 is 0 Å². The van der Waals surface area contributed by atoms with Gasteiger partial charge in [-0.2, -0.15) is 5.10 Å². The summed E-state index contributed by atoms with van der Waals surface area (Å²) >= 11 is 12.1. The predicted octanol–water partition coefficient (Wildman–Crippen LogP) is 5.05. The lowest BCUT2D eigenvalue weighted by molar-refractivity contribution is 0.102. The number of aryl methyl sites for hydroxylation is 1. The van der Waals surface area contributed by atoms with Crippen LogP contribution in [0.2, 0.25) is 10.0 Å². The van der Waals surface area contributed by atoms with Crippen LogP contribution in [0.4, 0.5) is 5.69 Å². The number of hydrogen-bond acceptors (Lipinski definition) is 2. The molecule has 1 N–H and O–H groups in total. The molecule has 0 saturated heterocycles. The molecule has 4 nitrogen and oxygen atoms in total. The average Bonchev–Trinajstić information content (AvgIpc) is 2.86. The smallest absolute Gasteiger partial charge is 0.259 e. The molecule has 2 aromatic carbocycles. The number of nitrogens with one attached hydrogen (secondary N) is 1. The molecule has 0 atom stereocenters. The minimum absolute atomic E-state index is 0.267. The highest BCUT2D eigenvalue weighted by Crippen LogP contribution is 2.27. The molecule has 0 aliphatic heterocycles. The highest BCUT2D eigenvalue weighted by atomic mass is 35.5. The lowest BCUT2D eigenvalue weighted by Gasteiger charge is -2.08. The number of rotatable bonds is 3. The van der Waals surface area contributed by atoms with Crippen molar-refractivity contribution >= 4 is 34.8 Å². The molecule has 0 aliphatic rings. The molecule has 0 bridgehead atoms. The molecule has 1 amide bonds. The monoisotopic (exact) mass is 359 g/mol. The second-order valence-electron chi connectivity index (χ2n) is 5.37. The van der Waals surface area contributed by atoms with Crippen LogP contribution >= 0.6 is 23.2 Å². The quantitative estimate of drug-likeness (QED) is 0.711. The van der Waals surface area contributed by atoms with Crippen LogP contribution in [0, 0.1) is 13.8 Å². The summed E-state index contributed by atoms with van der Waals surface area (Å²) in [6.45, 7) is 3.67. The highest BCUT2D eigenvalue weighted by molar-refractivity contribution is 6.35. The van der Waals surface area contributed by atoms with E-state index in [-0.39, 0.29) is 5.91 Å². The van der Waals surface area contributed by atoms with Crippen molar-refractivity contribution in [2.24, 2.45) is 0 Å². The van der Waals surface area contributed by atoms with Gasteiger partial charge in [-0.1, -0.05) is 41.4 Å². The van der Waals surface area contributed by atoms with Crippen LogP contribution in [0.1, 0.15) is 21.7 Å². The number of nitrogens with zero attached hydrogens (tertiary/aromatic N) is 2. The zero-order chi connectivity index (χ0) is 17.3. The van der Waals surface area contributed by atoms with Gasteiger partial charge in [0.2, 0.25) is 0 Å². The van der Waals surface area contributed by atoms with E-state index in [0.717, 1.165) is 11.4 Å². The van der Waals surface area contributed by atoms with Crippen molar-refractivity contribution in [1.82, 2.24) is 9.78 Å². The van der Waals surface area contributed by atoms with Crippen LogP contribution in [0.25, 0.3) is 5.69 Å². The summed E-state index contributed by atoms with van der Waals surface area (Å²) in [7, 11) is 0. The lowest BCUT2D eigenvalue weighted by Crippen LogP contribution is -2.14. The summed E-state index contributed by atoms with van der Waals surface area (Å²) in [5.74, 6) is -0.267. The van der Waals surface area contributed by atoms with E-state index in [9.17, 15) is 4.79 Å². The highest BCUT2D eigenvalue weighted by Gasteiger charge is 2.20. The molecule has 1 aromatic heterocycles. The van der Waals surface area contributed by atoms with Gasteiger partial charge in [-0.15, -0.1) is 0 Å². The van der Waals surface area contributed by atoms with Gasteiger partial charge in [-0.05, 0) is 44.2 Å². The minimum atomic E-state index is -0.267. The van der Waals surface area contributed by atoms with Gasteiger partial charge in [0.1, 0.15) is 0 Å². The third-order valence-corrected chi connectivity index (χ3v) is 4.26. The normalized spacial score (nSPS) is 10.7. The summed E-state index contributed by atoms with van der Waals surface area (Å²) in [5.41, 5.74) is 3.30. The molecule has 0 aliphatic carbocycles. The molecule has 0 fully saturated rings. The van der Waals surface area contributed by atoms with E-state index >= 15 is 0 Å². The number of para-hydroxylation sites is 1. The van der Waals surface area contributed by atoms with Gasteiger partial charge < -0.3 is 5.32 Å². The van der Waals surface area contributed by atoms with Gasteiger partial charge in [0.25, 0.3) is 5.91 Å². The van der Waals surface area contributed by atoms with Crippen LogP contribution in [-0.2, 0) is 0 Å². The second kappa shape index (κ2) is 6.67. The van der Waals surface area contributed by atoms with Crippen molar-refractivity contribution < 1.29 is 4.79 Å². The molecule has 0 unspecified atom stereocenters. The van der Waals surface area contributed by atoms with Crippen molar-refractivity contribution in [1.29, 1.82) is 0 Å². The van der Waals surface area contributed by atoms with Crippen molar-refractivity contribution in [2.75, 3.05) is 5.32 Å². The molecule has 6 heteroatoms. The topological polar surface area (TPSA) is 46.9 Å². The Morgan fingerprint density at radius 2 is 1.79 bits per heavy atom. The van der Waals surface area contributed by atoms with Gasteiger partial charge in [0, 0.05) is 5.02 Å². The third-order valence-electron chi connectivity index (χ3n) is 3.70. The van der Waals surface area contributed by atoms with Gasteiger partial charge in [-0.3, -0.25) is 4.79 Å². The maximum Gasteiger partial charge on any atom is 0.259 e. The first-order chi connectivity index (χ1) is 11.5. The summed E-state index contributed by atoms with van der Waals surface area (Å²) < 4.78 is 1.75. The zero-order valence-corrected chi connectivity index (χ0v) is 14.7. The largest absolute Gasteiger partial charge is 0.320 e. The number of anilines is 1. The van der Waals surface area contributed by atoms with Crippen LogP contribution in [-0.4, -0.2) is 15.7 Å². The van der Waals surface area contributed by atoms with E-state index in [0.29, 0.717) is 27.0 Å². The molecule has 0 radical (unpaired) electrons. The molecule has 122 valence electrons. The standard InChI is InChI=1S/C18H15Cl2N3O/c1-11-17(12(2)23(22-11)14-6-4-3-5-7-14)18(24)21-16-10-13(19)8-9-15(16)20/h3-10H,1-2H3,(H,21,24). The number of benzene rings is 2. The molecule has 24 heavy (non-hydrogen) atoms. The molecular weight excluding hydrogens is 345 g/mol. The number of hydrogen-bond donors (Lipinski definition) is 1. The van der Waals surface area contributed by atoms with Crippen LogP contribution < -0.4 is 5.32 Å². The summed E-state index contributed by atoms with van der Waals surface area (Å²) in [4.78, 5) is 12.7. The Labute approximate surface area is 150 Å². The Morgan fingerprint density at radius 1 is 1.08 bits per heavy atom. The molecule has 0 spiro atoms. The first kappa shape index (κ1) is 16.6. The van der Waals surface area contributed by atoms with Crippen LogP contribution in [0.5, 0.6) is 0 Å². The van der Waals surface area contributed by atoms with E-state index in [4.69, 9.17) is 23.2 Å². The number of halogens is 2. The maximum atomic E-state index is 12.7. The average molecular weight is 360 g/mol. The predicted molar refractivity (Wildman–Crippen MR) is 97.5 cm³/mol. The summed E-state index contributed by atoms with van der Waals surface area (Å²) in [6, 6.07) is 14.6. The summed E-state index contributed by atoms with van der Waals surface area (Å²) in [5, 5.41) is 8.22. The first-order valence-electron chi connectivity index (χ1n) is 7.35. The first-order valence-corrected chi connectivity index (χ1v) is 8.11. The fourth-order valence-corrected chi connectivity index (χ4v) is 2.91. The SMILES string of the molecule is Cc1nn(-c2ccccc2)c(C)c1C(=O)Nc1cc(Cl)ccc1Cl. The second-order valence-corrected chi connectivity index (χ2v) is 6.22. The van der Waals surface area contributed by atoms with Crippen LogP contribution in [0.15, 0.2) is 48.5 Å². The molecule has 0 saturated carbocycles. The fraction of sp³-hybridized carbons (Fsp3) is 0.111. The van der Waals surface area contributed by atoms with Gasteiger partial charge in [0.05, 0.1) is 33.3 Å². The Kier molecular flexibility index (Phi) is 4.60. The lowest BCUT2D eigenvalue weighted by atomic mass is 10.1. The molecule has 3 rings (SSSR count). The van der Waals surface area contributed by atoms with Crippen molar-refractivity contribution in [3.05, 3.63) is 75.5 Å². The number of carbonyl (C=O) groups is 1. The Balaban J connectivity index is 1.96.